The lowest BCUT2D eigenvalue weighted by atomic mass is 10.0. The van der Waals surface area contributed by atoms with E-state index in [1.54, 1.807) is 12.3 Å². The zero-order chi connectivity index (χ0) is 18.4. The maximum absolute atomic E-state index is 10.6. The molecule has 0 radical (unpaired) electrons. The van der Waals surface area contributed by atoms with Gasteiger partial charge in [0.2, 0.25) is 0 Å². The minimum atomic E-state index is 0.125. The van der Waals surface area contributed by atoms with Gasteiger partial charge in [0.05, 0.1) is 5.39 Å². The number of aromatic hydroxyl groups is 1. The summed E-state index contributed by atoms with van der Waals surface area (Å²) < 4.78 is 6.09. The normalized spacial score (nSPS) is 11.3. The molecule has 0 spiro atoms. The van der Waals surface area contributed by atoms with Crippen LogP contribution < -0.4 is 0 Å². The van der Waals surface area contributed by atoms with Crippen molar-refractivity contribution in [2.24, 2.45) is 0 Å². The van der Waals surface area contributed by atoms with E-state index in [2.05, 4.69) is 30.1 Å². The number of nitrogens with zero attached hydrogens (tertiary/aromatic N) is 1. The Kier molecular flexibility index (Phi) is 3.47. The van der Waals surface area contributed by atoms with Crippen LogP contribution in [-0.4, -0.2) is 10.1 Å². The molecule has 0 aliphatic heterocycles. The number of aryl methyl sites for hydroxylation is 1. The molecular formula is C24H17NO2. The average Bonchev–Trinajstić information content (AvgIpc) is 3.08. The van der Waals surface area contributed by atoms with E-state index < -0.39 is 0 Å². The highest BCUT2D eigenvalue weighted by Crippen LogP contribution is 2.40. The Morgan fingerprint density at radius 1 is 0.778 bits per heavy atom. The highest BCUT2D eigenvalue weighted by Gasteiger charge is 2.17. The molecule has 130 valence electrons. The Bertz CT molecular complexity index is 1290. The molecule has 0 saturated heterocycles. The fourth-order valence-electron chi connectivity index (χ4n) is 3.58. The zero-order valence-electron chi connectivity index (χ0n) is 14.8. The van der Waals surface area contributed by atoms with Crippen LogP contribution in [0.15, 0.2) is 83.4 Å². The van der Waals surface area contributed by atoms with Gasteiger partial charge in [-0.05, 0) is 41.8 Å². The van der Waals surface area contributed by atoms with Gasteiger partial charge in [0, 0.05) is 11.8 Å². The van der Waals surface area contributed by atoms with Gasteiger partial charge in [-0.3, -0.25) is 4.98 Å². The third-order valence-corrected chi connectivity index (χ3v) is 4.87. The van der Waals surface area contributed by atoms with Gasteiger partial charge in [-0.25, -0.2) is 0 Å². The van der Waals surface area contributed by atoms with Gasteiger partial charge in [0.25, 0.3) is 0 Å². The molecule has 0 aliphatic rings. The van der Waals surface area contributed by atoms with Crippen LogP contribution in [0.25, 0.3) is 44.3 Å². The van der Waals surface area contributed by atoms with E-state index in [1.165, 1.54) is 5.56 Å². The van der Waals surface area contributed by atoms with Crippen LogP contribution in [0.4, 0.5) is 0 Å². The van der Waals surface area contributed by atoms with Gasteiger partial charge in [0.15, 0.2) is 16.9 Å². The van der Waals surface area contributed by atoms with Crippen molar-refractivity contribution in [1.82, 2.24) is 4.98 Å². The average molecular weight is 351 g/mol. The molecule has 0 atom stereocenters. The zero-order valence-corrected chi connectivity index (χ0v) is 14.8. The molecule has 2 heterocycles. The van der Waals surface area contributed by atoms with Crippen molar-refractivity contribution in [3.8, 4) is 28.0 Å². The first kappa shape index (κ1) is 15.6. The van der Waals surface area contributed by atoms with E-state index in [0.29, 0.717) is 11.2 Å². The summed E-state index contributed by atoms with van der Waals surface area (Å²) in [4.78, 5) is 4.55. The minimum absolute atomic E-state index is 0.125. The van der Waals surface area contributed by atoms with E-state index >= 15 is 0 Å². The van der Waals surface area contributed by atoms with Crippen molar-refractivity contribution < 1.29 is 9.52 Å². The number of phenols is 1. The molecule has 5 aromatic rings. The molecule has 0 saturated carbocycles. The quantitative estimate of drug-likeness (QED) is 0.404. The van der Waals surface area contributed by atoms with Crippen molar-refractivity contribution in [3.63, 3.8) is 0 Å². The standard InChI is InChI=1S/C24H17NO2/c1-15-6-5-9-17(12-15)19-10-11-25-22-20-13-18(16-7-3-2-4-8-16)14-21(26)23(20)27-24(19)22/h2-14,26H,1H3. The van der Waals surface area contributed by atoms with Gasteiger partial charge in [-0.15, -0.1) is 0 Å². The third kappa shape index (κ3) is 2.56. The summed E-state index contributed by atoms with van der Waals surface area (Å²) in [6.45, 7) is 2.07. The summed E-state index contributed by atoms with van der Waals surface area (Å²) in [5, 5.41) is 11.4. The smallest absolute Gasteiger partial charge is 0.178 e. The van der Waals surface area contributed by atoms with Crippen molar-refractivity contribution in [2.75, 3.05) is 0 Å². The Hall–Kier alpha value is -3.59. The molecule has 0 bridgehead atoms. The van der Waals surface area contributed by atoms with Crippen LogP contribution >= 0.6 is 0 Å². The molecule has 2 aromatic heterocycles. The molecule has 0 aliphatic carbocycles. The maximum Gasteiger partial charge on any atom is 0.178 e. The first-order valence-corrected chi connectivity index (χ1v) is 8.87. The van der Waals surface area contributed by atoms with E-state index in [9.17, 15) is 5.11 Å². The Labute approximate surface area is 156 Å². The molecule has 3 nitrogen and oxygen atoms in total. The number of rotatable bonds is 2. The molecule has 0 fully saturated rings. The Balaban J connectivity index is 1.81. The number of fused-ring (bicyclic) bond motifs is 3. The number of aromatic nitrogens is 1. The van der Waals surface area contributed by atoms with Crippen LogP contribution in [-0.2, 0) is 0 Å². The van der Waals surface area contributed by atoms with Gasteiger partial charge in [-0.1, -0.05) is 60.2 Å². The van der Waals surface area contributed by atoms with E-state index in [1.807, 2.05) is 48.5 Å². The second kappa shape index (κ2) is 5.99. The van der Waals surface area contributed by atoms with Crippen LogP contribution in [0, 0.1) is 6.92 Å². The lowest BCUT2D eigenvalue weighted by Gasteiger charge is -2.03. The van der Waals surface area contributed by atoms with Crippen molar-refractivity contribution in [2.45, 2.75) is 6.92 Å². The van der Waals surface area contributed by atoms with Gasteiger partial charge >= 0.3 is 0 Å². The summed E-state index contributed by atoms with van der Waals surface area (Å²) >= 11 is 0. The van der Waals surface area contributed by atoms with Gasteiger partial charge < -0.3 is 9.52 Å². The fourth-order valence-corrected chi connectivity index (χ4v) is 3.58. The SMILES string of the molecule is Cc1cccc(-c2ccnc3c2oc2c(O)cc(-c4ccccc4)cc23)c1. The third-order valence-electron chi connectivity index (χ3n) is 4.87. The first-order valence-electron chi connectivity index (χ1n) is 8.87. The van der Waals surface area contributed by atoms with Crippen molar-refractivity contribution in [3.05, 3.63) is 84.6 Å². The van der Waals surface area contributed by atoms with Gasteiger partial charge in [-0.2, -0.15) is 0 Å². The Morgan fingerprint density at radius 3 is 2.41 bits per heavy atom. The van der Waals surface area contributed by atoms with Gasteiger partial charge in [0.1, 0.15) is 5.52 Å². The maximum atomic E-state index is 10.6. The highest BCUT2D eigenvalue weighted by molar-refractivity contribution is 6.10. The number of furan rings is 1. The second-order valence-electron chi connectivity index (χ2n) is 6.75. The predicted molar refractivity (Wildman–Crippen MR) is 109 cm³/mol. The molecule has 3 heteroatoms. The predicted octanol–water partition coefficient (Wildman–Crippen LogP) is 6.33. The molecule has 1 N–H and O–H groups in total. The van der Waals surface area contributed by atoms with Crippen LogP contribution in [0.2, 0.25) is 0 Å². The van der Waals surface area contributed by atoms with E-state index in [0.717, 1.165) is 33.2 Å². The highest BCUT2D eigenvalue weighted by atomic mass is 16.4. The lowest BCUT2D eigenvalue weighted by molar-refractivity contribution is 0.469. The number of phenolic OH excluding ortho intramolecular Hbond substituents is 1. The lowest BCUT2D eigenvalue weighted by Crippen LogP contribution is -1.82. The van der Waals surface area contributed by atoms with Crippen molar-refractivity contribution >= 4 is 22.1 Å². The van der Waals surface area contributed by atoms with E-state index in [-0.39, 0.29) is 5.75 Å². The number of pyridine rings is 1. The topological polar surface area (TPSA) is 46.3 Å². The monoisotopic (exact) mass is 351 g/mol. The van der Waals surface area contributed by atoms with Crippen LogP contribution in [0.3, 0.4) is 0 Å². The molecule has 3 aromatic carbocycles. The number of benzene rings is 3. The fraction of sp³-hybridized carbons (Fsp3) is 0.0417. The van der Waals surface area contributed by atoms with E-state index in [4.69, 9.17) is 4.42 Å². The summed E-state index contributed by atoms with van der Waals surface area (Å²) in [5.74, 6) is 0.125. The van der Waals surface area contributed by atoms with Crippen molar-refractivity contribution in [1.29, 1.82) is 0 Å². The molecule has 5 rings (SSSR count). The molecule has 27 heavy (non-hydrogen) atoms. The summed E-state index contributed by atoms with van der Waals surface area (Å²) in [5.41, 5.74) is 7.13. The first-order chi connectivity index (χ1) is 13.2. The molecule has 0 unspecified atom stereocenters. The summed E-state index contributed by atoms with van der Waals surface area (Å²) in [7, 11) is 0. The Morgan fingerprint density at radius 2 is 1.59 bits per heavy atom. The summed E-state index contributed by atoms with van der Waals surface area (Å²) in [6, 6.07) is 24.0. The van der Waals surface area contributed by atoms with Crippen LogP contribution in [0.5, 0.6) is 5.75 Å². The largest absolute Gasteiger partial charge is 0.504 e. The molecule has 0 amide bonds. The number of hydrogen-bond acceptors (Lipinski definition) is 3. The summed E-state index contributed by atoms with van der Waals surface area (Å²) in [6.07, 6.45) is 1.79. The molecular weight excluding hydrogens is 334 g/mol. The number of hydrogen-bond donors (Lipinski definition) is 1. The second-order valence-corrected chi connectivity index (χ2v) is 6.75. The minimum Gasteiger partial charge on any atom is -0.504 e. The van der Waals surface area contributed by atoms with Crippen LogP contribution in [0.1, 0.15) is 5.56 Å².